The van der Waals surface area contributed by atoms with Crippen molar-refractivity contribution in [1.29, 1.82) is 0 Å². The Morgan fingerprint density at radius 2 is 2.31 bits per heavy atom. The summed E-state index contributed by atoms with van der Waals surface area (Å²) in [5.74, 6) is -0.142. The lowest BCUT2D eigenvalue weighted by atomic mass is 10.3. The quantitative estimate of drug-likeness (QED) is 0.717. The highest BCUT2D eigenvalue weighted by Crippen LogP contribution is 2.26. The van der Waals surface area contributed by atoms with Gasteiger partial charge in [-0.1, -0.05) is 0 Å². The van der Waals surface area contributed by atoms with Crippen molar-refractivity contribution in [1.82, 2.24) is 4.98 Å². The fraction of sp³-hybridized carbons (Fsp3) is 0.556. The Balaban J connectivity index is 2.22. The van der Waals surface area contributed by atoms with Crippen molar-refractivity contribution in [3.8, 4) is 0 Å². The number of fused-ring (bicyclic) bond motifs is 1. The van der Waals surface area contributed by atoms with Crippen LogP contribution in [0.2, 0.25) is 0 Å². The molecule has 2 rings (SSSR count). The van der Waals surface area contributed by atoms with Crippen LogP contribution >= 0.6 is 11.3 Å². The number of aromatic nitrogens is 1. The molecule has 0 unspecified atom stereocenters. The summed E-state index contributed by atoms with van der Waals surface area (Å²) in [5, 5.41) is 0.633. The summed E-state index contributed by atoms with van der Waals surface area (Å²) in [6.07, 6.45) is 0.573. The van der Waals surface area contributed by atoms with Crippen LogP contribution in [-0.4, -0.2) is 32.2 Å². The Morgan fingerprint density at radius 3 is 3.00 bits per heavy atom. The topological polar surface area (TPSA) is 73.3 Å². The first-order valence-corrected chi connectivity index (χ1v) is 7.38. The number of carbonyl (C=O) groups excluding carboxylic acids is 1. The minimum Gasteiger partial charge on any atom is -0.469 e. The van der Waals surface area contributed by atoms with E-state index in [4.69, 9.17) is 0 Å². The smallest absolute Gasteiger partial charge is 0.312 e. The molecule has 0 amide bonds. The maximum absolute atomic E-state index is 11.4. The van der Waals surface area contributed by atoms with Crippen LogP contribution in [0.25, 0.3) is 0 Å². The summed E-state index contributed by atoms with van der Waals surface area (Å²) in [4.78, 5) is 16.1. The molecule has 1 aliphatic rings. The van der Waals surface area contributed by atoms with Gasteiger partial charge in [-0.3, -0.25) is 4.79 Å². The summed E-state index contributed by atoms with van der Waals surface area (Å²) in [7, 11) is -1.64. The molecule has 16 heavy (non-hydrogen) atoms. The van der Waals surface area contributed by atoms with E-state index in [1.807, 2.05) is 0 Å². The molecule has 0 spiro atoms. The Morgan fingerprint density at radius 1 is 1.56 bits per heavy atom. The molecule has 2 heterocycles. The van der Waals surface area contributed by atoms with Crippen molar-refractivity contribution in [2.75, 3.05) is 12.9 Å². The number of aryl methyl sites for hydroxylation is 1. The Hall–Kier alpha value is -0.950. The second kappa shape index (κ2) is 4.14. The molecule has 0 aliphatic carbocycles. The van der Waals surface area contributed by atoms with Gasteiger partial charge in [-0.25, -0.2) is 13.4 Å². The lowest BCUT2D eigenvalue weighted by molar-refractivity contribution is -0.139. The Bertz CT molecular complexity index is 518. The summed E-state index contributed by atoms with van der Waals surface area (Å²) in [6, 6.07) is 0. The zero-order chi connectivity index (χ0) is 11.8. The number of rotatable bonds is 2. The highest BCUT2D eigenvalue weighted by atomic mass is 32.2. The van der Waals surface area contributed by atoms with Gasteiger partial charge in [-0.15, -0.1) is 11.3 Å². The zero-order valence-corrected chi connectivity index (χ0v) is 10.4. The van der Waals surface area contributed by atoms with Crippen molar-refractivity contribution in [2.24, 2.45) is 0 Å². The van der Waals surface area contributed by atoms with Crippen LogP contribution in [0.5, 0.6) is 0 Å². The van der Waals surface area contributed by atoms with E-state index in [-0.39, 0.29) is 23.9 Å². The van der Waals surface area contributed by atoms with E-state index in [1.165, 1.54) is 18.4 Å². The summed E-state index contributed by atoms with van der Waals surface area (Å²) < 4.78 is 27.3. The van der Waals surface area contributed by atoms with Gasteiger partial charge in [0.15, 0.2) is 9.84 Å². The average Bonchev–Trinajstić information content (AvgIpc) is 2.57. The van der Waals surface area contributed by atoms with E-state index in [0.29, 0.717) is 11.4 Å². The number of thiazole rings is 1. The van der Waals surface area contributed by atoms with Crippen molar-refractivity contribution >= 4 is 27.1 Å². The minimum atomic E-state index is -2.96. The number of sulfone groups is 1. The molecule has 0 saturated carbocycles. The van der Waals surface area contributed by atoms with E-state index in [1.54, 1.807) is 0 Å². The third-order valence-electron chi connectivity index (χ3n) is 2.35. The third kappa shape index (κ3) is 2.41. The number of hydrogen-bond acceptors (Lipinski definition) is 6. The first kappa shape index (κ1) is 11.5. The second-order valence-corrected chi connectivity index (χ2v) is 6.92. The van der Waals surface area contributed by atoms with Gasteiger partial charge in [0.1, 0.15) is 5.01 Å². The lowest BCUT2D eigenvalue weighted by Crippen LogP contribution is -2.17. The molecule has 1 aromatic heterocycles. The van der Waals surface area contributed by atoms with E-state index in [0.717, 1.165) is 10.6 Å². The Kier molecular flexibility index (Phi) is 2.98. The van der Waals surface area contributed by atoms with Gasteiger partial charge in [-0.05, 0) is 0 Å². The van der Waals surface area contributed by atoms with Crippen LogP contribution in [0, 0.1) is 0 Å². The molecule has 0 bridgehead atoms. The van der Waals surface area contributed by atoms with Gasteiger partial charge in [0.25, 0.3) is 0 Å². The molecule has 0 radical (unpaired) electrons. The SMILES string of the molecule is COC(=O)Cc1nc2c(s1)CS(=O)(=O)CC2. The lowest BCUT2D eigenvalue weighted by Gasteiger charge is -2.09. The van der Waals surface area contributed by atoms with Gasteiger partial charge in [0, 0.05) is 11.3 Å². The van der Waals surface area contributed by atoms with E-state index in [2.05, 4.69) is 9.72 Å². The van der Waals surface area contributed by atoms with E-state index in [9.17, 15) is 13.2 Å². The normalized spacial score (nSPS) is 17.8. The molecule has 88 valence electrons. The van der Waals surface area contributed by atoms with E-state index >= 15 is 0 Å². The number of carbonyl (C=O) groups is 1. The third-order valence-corrected chi connectivity index (χ3v) is 5.18. The minimum absolute atomic E-state index is 0.0567. The fourth-order valence-corrected chi connectivity index (χ4v) is 4.43. The number of ether oxygens (including phenoxy) is 1. The maximum Gasteiger partial charge on any atom is 0.312 e. The Labute approximate surface area is 97.4 Å². The summed E-state index contributed by atoms with van der Waals surface area (Å²) in [5.41, 5.74) is 0.818. The first-order valence-electron chi connectivity index (χ1n) is 4.75. The molecule has 0 atom stereocenters. The van der Waals surface area contributed by atoms with Crippen LogP contribution in [0.1, 0.15) is 15.6 Å². The highest BCUT2D eigenvalue weighted by Gasteiger charge is 2.25. The molecule has 1 aromatic rings. The molecular weight excluding hydrogens is 250 g/mol. The molecule has 0 saturated heterocycles. The molecule has 0 fully saturated rings. The monoisotopic (exact) mass is 261 g/mol. The fourth-order valence-electron chi connectivity index (χ4n) is 1.54. The first-order chi connectivity index (χ1) is 7.50. The van der Waals surface area contributed by atoms with Gasteiger partial charge < -0.3 is 4.74 Å². The summed E-state index contributed by atoms with van der Waals surface area (Å²) in [6.45, 7) is 0. The number of nitrogens with zero attached hydrogens (tertiary/aromatic N) is 1. The van der Waals surface area contributed by atoms with Crippen LogP contribution in [-0.2, 0) is 38.0 Å². The molecule has 0 aromatic carbocycles. The molecule has 7 heteroatoms. The van der Waals surface area contributed by atoms with Crippen LogP contribution in [0.3, 0.4) is 0 Å². The van der Waals surface area contributed by atoms with Crippen molar-refractivity contribution in [2.45, 2.75) is 18.6 Å². The number of hydrogen-bond donors (Lipinski definition) is 0. The van der Waals surface area contributed by atoms with Gasteiger partial charge >= 0.3 is 5.97 Å². The predicted octanol–water partition coefficient (Wildman–Crippen LogP) is 0.329. The van der Waals surface area contributed by atoms with Crippen LogP contribution in [0.15, 0.2) is 0 Å². The van der Waals surface area contributed by atoms with Gasteiger partial charge in [0.2, 0.25) is 0 Å². The molecular formula is C9H11NO4S2. The summed E-state index contributed by atoms with van der Waals surface area (Å²) >= 11 is 1.29. The predicted molar refractivity (Wildman–Crippen MR) is 59.0 cm³/mol. The maximum atomic E-state index is 11.4. The van der Waals surface area contributed by atoms with Crippen molar-refractivity contribution in [3.05, 3.63) is 15.6 Å². The highest BCUT2D eigenvalue weighted by molar-refractivity contribution is 7.90. The van der Waals surface area contributed by atoms with Crippen LogP contribution < -0.4 is 0 Å². The van der Waals surface area contributed by atoms with Crippen molar-refractivity contribution in [3.63, 3.8) is 0 Å². The molecule has 1 aliphatic heterocycles. The van der Waals surface area contributed by atoms with Gasteiger partial charge in [-0.2, -0.15) is 0 Å². The number of methoxy groups -OCH3 is 1. The average molecular weight is 261 g/mol. The number of esters is 1. The zero-order valence-electron chi connectivity index (χ0n) is 8.73. The van der Waals surface area contributed by atoms with Crippen LogP contribution in [0.4, 0.5) is 0 Å². The van der Waals surface area contributed by atoms with Gasteiger partial charge in [0.05, 0.1) is 30.7 Å². The van der Waals surface area contributed by atoms with E-state index < -0.39 is 9.84 Å². The molecule has 5 nitrogen and oxygen atoms in total. The largest absolute Gasteiger partial charge is 0.469 e. The standard InChI is InChI=1S/C9H11NO4S2/c1-14-9(11)4-8-10-6-2-3-16(12,13)5-7(6)15-8/h2-5H2,1H3. The second-order valence-electron chi connectivity index (χ2n) is 3.57. The van der Waals surface area contributed by atoms with Crippen molar-refractivity contribution < 1.29 is 17.9 Å². The molecule has 0 N–H and O–H groups in total.